The normalized spacial score (nSPS) is 13.9. The van der Waals surface area contributed by atoms with Gasteiger partial charge in [-0.3, -0.25) is 0 Å². The van der Waals surface area contributed by atoms with E-state index in [1.807, 2.05) is 0 Å². The van der Waals surface area contributed by atoms with Crippen LogP contribution in [-0.2, 0) is 9.59 Å². The molecule has 0 rings (SSSR count). The van der Waals surface area contributed by atoms with Gasteiger partial charge in [-0.2, -0.15) is 0 Å². The summed E-state index contributed by atoms with van der Waals surface area (Å²) in [5.74, 6) is -0.788. The second-order valence-electron chi connectivity index (χ2n) is 11.4. The summed E-state index contributed by atoms with van der Waals surface area (Å²) >= 11 is 0. The van der Waals surface area contributed by atoms with Crippen LogP contribution in [-0.4, -0.2) is 22.2 Å². The Balaban J connectivity index is 4.31. The summed E-state index contributed by atoms with van der Waals surface area (Å²) in [6, 6.07) is 0. The zero-order valence-electron chi connectivity index (χ0n) is 24.4. The fraction of sp³-hybridized carbons (Fsp3) is 0.875. The topological polar surface area (TPSA) is 74.6 Å². The lowest BCUT2D eigenvalue weighted by Gasteiger charge is -2.13. The molecule has 0 aromatic heterocycles. The summed E-state index contributed by atoms with van der Waals surface area (Å²) in [7, 11) is 0. The molecule has 4 heteroatoms. The van der Waals surface area contributed by atoms with E-state index >= 15 is 0 Å². The number of hydrogen-bond donors (Lipinski definition) is 2. The van der Waals surface area contributed by atoms with E-state index in [0.29, 0.717) is 24.7 Å². The van der Waals surface area contributed by atoms with Gasteiger partial charge in [-0.05, 0) is 37.5 Å². The third kappa shape index (κ3) is 19.8. The average Bonchev–Trinajstić information content (AvgIpc) is 2.83. The second kappa shape index (κ2) is 24.0. The zero-order chi connectivity index (χ0) is 27.0. The number of rotatable bonds is 26. The highest BCUT2D eigenvalue weighted by Crippen LogP contribution is 2.24. The first-order chi connectivity index (χ1) is 17.3. The number of aliphatic carboxylic acids is 2. The van der Waals surface area contributed by atoms with Crippen molar-refractivity contribution in [1.82, 2.24) is 0 Å². The SMILES string of the molecule is CCCCCCCCC(C)CCCCC(C(=O)O)=C(CCCCC(C)CCCCCCCC)C(=O)O. The van der Waals surface area contributed by atoms with Gasteiger partial charge in [-0.15, -0.1) is 0 Å². The van der Waals surface area contributed by atoms with Crippen LogP contribution >= 0.6 is 0 Å². The van der Waals surface area contributed by atoms with Crippen LogP contribution < -0.4 is 0 Å². The maximum absolute atomic E-state index is 11.9. The largest absolute Gasteiger partial charge is 0.478 e. The highest BCUT2D eigenvalue weighted by Gasteiger charge is 2.20. The third-order valence-corrected chi connectivity index (χ3v) is 7.73. The molecular formula is C32H60O4. The second-order valence-corrected chi connectivity index (χ2v) is 11.4. The van der Waals surface area contributed by atoms with Crippen LogP contribution in [0.25, 0.3) is 0 Å². The highest BCUT2D eigenvalue weighted by molar-refractivity contribution is 5.98. The van der Waals surface area contributed by atoms with Crippen molar-refractivity contribution < 1.29 is 19.8 Å². The van der Waals surface area contributed by atoms with Crippen LogP contribution in [0, 0.1) is 11.8 Å². The monoisotopic (exact) mass is 508 g/mol. The predicted octanol–water partition coefficient (Wildman–Crippen LogP) is 10.3. The third-order valence-electron chi connectivity index (χ3n) is 7.73. The average molecular weight is 509 g/mol. The standard InChI is InChI=1S/C32H60O4/c1-5-7-9-11-13-15-21-27(3)23-17-19-25-29(31(33)34)30(32(35)36)26-20-18-24-28(4)22-16-14-12-10-8-6-2/h27-28H,5-26H2,1-4H3,(H,33,34)(H,35,36). The molecule has 2 N–H and O–H groups in total. The highest BCUT2D eigenvalue weighted by atomic mass is 16.4. The molecule has 0 radical (unpaired) electrons. The molecule has 0 amide bonds. The Bertz CT molecular complexity index is 531. The van der Waals surface area contributed by atoms with E-state index in [2.05, 4.69) is 27.7 Å². The lowest BCUT2D eigenvalue weighted by molar-refractivity contribution is -0.136. The first kappa shape index (κ1) is 34.7. The number of unbranched alkanes of at least 4 members (excludes halogenated alkanes) is 12. The number of carboxylic acid groups (broad SMARTS) is 2. The maximum atomic E-state index is 11.9. The first-order valence-electron chi connectivity index (χ1n) is 15.5. The molecule has 0 saturated heterocycles. The summed E-state index contributed by atoms with van der Waals surface area (Å²) in [6.07, 6.45) is 24.7. The van der Waals surface area contributed by atoms with E-state index in [-0.39, 0.29) is 11.1 Å². The van der Waals surface area contributed by atoms with Gasteiger partial charge in [-0.25, -0.2) is 9.59 Å². The van der Waals surface area contributed by atoms with E-state index in [9.17, 15) is 19.8 Å². The summed E-state index contributed by atoms with van der Waals surface area (Å²) < 4.78 is 0. The quantitative estimate of drug-likeness (QED) is 0.0900. The molecule has 0 aliphatic heterocycles. The fourth-order valence-corrected chi connectivity index (χ4v) is 5.20. The molecule has 0 saturated carbocycles. The van der Waals surface area contributed by atoms with Gasteiger partial charge in [0, 0.05) is 11.1 Å². The van der Waals surface area contributed by atoms with Gasteiger partial charge in [0.25, 0.3) is 0 Å². The van der Waals surface area contributed by atoms with Gasteiger partial charge < -0.3 is 10.2 Å². The minimum Gasteiger partial charge on any atom is -0.478 e. The van der Waals surface area contributed by atoms with Crippen molar-refractivity contribution in [2.45, 2.75) is 169 Å². The van der Waals surface area contributed by atoms with Crippen LogP contribution in [0.3, 0.4) is 0 Å². The van der Waals surface area contributed by atoms with Crippen molar-refractivity contribution in [3.63, 3.8) is 0 Å². The molecule has 2 atom stereocenters. The Morgan fingerprint density at radius 3 is 1.06 bits per heavy atom. The van der Waals surface area contributed by atoms with Crippen molar-refractivity contribution in [2.75, 3.05) is 0 Å². The molecule has 0 aliphatic carbocycles. The lowest BCUT2D eigenvalue weighted by atomic mass is 9.92. The van der Waals surface area contributed by atoms with Crippen LogP contribution in [0.5, 0.6) is 0 Å². The zero-order valence-corrected chi connectivity index (χ0v) is 24.4. The minimum absolute atomic E-state index is 0.131. The molecule has 0 aromatic carbocycles. The molecule has 212 valence electrons. The van der Waals surface area contributed by atoms with E-state index < -0.39 is 11.9 Å². The van der Waals surface area contributed by atoms with Crippen molar-refractivity contribution in [3.05, 3.63) is 11.1 Å². The van der Waals surface area contributed by atoms with Gasteiger partial charge >= 0.3 is 11.9 Å². The van der Waals surface area contributed by atoms with E-state index in [4.69, 9.17) is 0 Å². The van der Waals surface area contributed by atoms with Gasteiger partial charge in [-0.1, -0.05) is 143 Å². The van der Waals surface area contributed by atoms with Gasteiger partial charge in [0.2, 0.25) is 0 Å². The molecule has 0 aromatic rings. The Labute approximate surface area is 223 Å². The molecular weight excluding hydrogens is 448 g/mol. The number of carbonyl (C=O) groups is 2. The van der Waals surface area contributed by atoms with Crippen molar-refractivity contribution in [2.24, 2.45) is 11.8 Å². The Morgan fingerprint density at radius 2 is 0.750 bits per heavy atom. The predicted molar refractivity (Wildman–Crippen MR) is 154 cm³/mol. The molecule has 2 unspecified atom stereocenters. The van der Waals surface area contributed by atoms with Crippen molar-refractivity contribution in [1.29, 1.82) is 0 Å². The minimum atomic E-state index is -1.05. The smallest absolute Gasteiger partial charge is 0.332 e. The van der Waals surface area contributed by atoms with Crippen LogP contribution in [0.4, 0.5) is 0 Å². The van der Waals surface area contributed by atoms with Crippen molar-refractivity contribution in [3.8, 4) is 0 Å². The van der Waals surface area contributed by atoms with Gasteiger partial charge in [0.15, 0.2) is 0 Å². The van der Waals surface area contributed by atoms with E-state index in [0.717, 1.165) is 38.5 Å². The molecule has 0 bridgehead atoms. The molecule has 0 spiro atoms. The maximum Gasteiger partial charge on any atom is 0.332 e. The van der Waals surface area contributed by atoms with Gasteiger partial charge in [0.05, 0.1) is 0 Å². The first-order valence-corrected chi connectivity index (χ1v) is 15.5. The molecule has 0 aliphatic rings. The summed E-state index contributed by atoms with van der Waals surface area (Å²) in [5, 5.41) is 19.4. The van der Waals surface area contributed by atoms with Gasteiger partial charge in [0.1, 0.15) is 0 Å². The van der Waals surface area contributed by atoms with Crippen LogP contribution in [0.15, 0.2) is 11.1 Å². The fourth-order valence-electron chi connectivity index (χ4n) is 5.20. The summed E-state index contributed by atoms with van der Waals surface area (Å²) in [5.41, 5.74) is 0.261. The summed E-state index contributed by atoms with van der Waals surface area (Å²) in [6.45, 7) is 9.06. The Morgan fingerprint density at radius 1 is 0.472 bits per heavy atom. The Kier molecular flexibility index (Phi) is 23.2. The molecule has 36 heavy (non-hydrogen) atoms. The summed E-state index contributed by atoms with van der Waals surface area (Å²) in [4.78, 5) is 23.7. The van der Waals surface area contributed by atoms with Crippen LogP contribution in [0.1, 0.15) is 169 Å². The molecule has 0 fully saturated rings. The number of hydrogen-bond acceptors (Lipinski definition) is 2. The molecule has 4 nitrogen and oxygen atoms in total. The molecule has 0 heterocycles. The van der Waals surface area contributed by atoms with E-state index in [1.165, 1.54) is 89.9 Å². The van der Waals surface area contributed by atoms with Crippen LogP contribution in [0.2, 0.25) is 0 Å². The Hall–Kier alpha value is -1.32. The lowest BCUT2D eigenvalue weighted by Crippen LogP contribution is -2.12. The van der Waals surface area contributed by atoms with E-state index in [1.54, 1.807) is 0 Å². The van der Waals surface area contributed by atoms with Crippen molar-refractivity contribution >= 4 is 11.9 Å². The number of carboxylic acids is 2.